The highest BCUT2D eigenvalue weighted by atomic mass is 16.6. The van der Waals surface area contributed by atoms with E-state index in [4.69, 9.17) is 0 Å². The maximum atomic E-state index is 12.4. The molecule has 1 atom stereocenters. The van der Waals surface area contributed by atoms with E-state index < -0.39 is 28.0 Å². The number of carbonyl (C=O) groups is 1. The van der Waals surface area contributed by atoms with Gasteiger partial charge in [0.15, 0.2) is 5.78 Å². The maximum absolute atomic E-state index is 12.4. The van der Waals surface area contributed by atoms with E-state index >= 15 is 0 Å². The van der Waals surface area contributed by atoms with E-state index in [-0.39, 0.29) is 16.8 Å². The predicted octanol–water partition coefficient (Wildman–Crippen LogP) is 2.39. The van der Waals surface area contributed by atoms with Crippen molar-refractivity contribution in [3.8, 4) is 0 Å². The fraction of sp³-hybridized carbons (Fsp3) is 0.267. The van der Waals surface area contributed by atoms with E-state index in [0.717, 1.165) is 0 Å². The molecule has 0 heterocycles. The van der Waals surface area contributed by atoms with Crippen LogP contribution in [-0.4, -0.2) is 27.0 Å². The SMILES string of the molecule is CC1(C)C=CC(O)C(=C(O)c2ccccc2[N+](=O)[O-])C1=O. The Morgan fingerprint density at radius 1 is 1.33 bits per heavy atom. The van der Waals surface area contributed by atoms with Gasteiger partial charge in [0.1, 0.15) is 11.9 Å². The Bertz CT molecular complexity index is 672. The number of hydrogen-bond acceptors (Lipinski definition) is 5. The number of nitro groups is 1. The van der Waals surface area contributed by atoms with Gasteiger partial charge in [0.05, 0.1) is 16.1 Å². The molecule has 0 radical (unpaired) electrons. The van der Waals surface area contributed by atoms with Crippen molar-refractivity contribution in [1.82, 2.24) is 0 Å². The third-order valence-electron chi connectivity index (χ3n) is 3.43. The number of allylic oxidation sites excluding steroid dienone is 1. The van der Waals surface area contributed by atoms with E-state index in [0.29, 0.717) is 0 Å². The topological polar surface area (TPSA) is 101 Å². The van der Waals surface area contributed by atoms with Gasteiger partial charge in [-0.1, -0.05) is 24.3 Å². The normalized spacial score (nSPS) is 23.0. The van der Waals surface area contributed by atoms with Gasteiger partial charge >= 0.3 is 0 Å². The second-order valence-electron chi connectivity index (χ2n) is 5.39. The summed E-state index contributed by atoms with van der Waals surface area (Å²) >= 11 is 0. The van der Waals surface area contributed by atoms with Crippen LogP contribution < -0.4 is 0 Å². The lowest BCUT2D eigenvalue weighted by atomic mass is 9.76. The van der Waals surface area contributed by atoms with Crippen molar-refractivity contribution in [1.29, 1.82) is 0 Å². The average molecular weight is 289 g/mol. The van der Waals surface area contributed by atoms with Gasteiger partial charge in [-0.15, -0.1) is 0 Å². The van der Waals surface area contributed by atoms with Crippen molar-refractivity contribution in [2.45, 2.75) is 20.0 Å². The van der Waals surface area contributed by atoms with Crippen molar-refractivity contribution >= 4 is 17.2 Å². The van der Waals surface area contributed by atoms with Crippen molar-refractivity contribution in [2.24, 2.45) is 5.41 Å². The molecule has 0 aliphatic heterocycles. The standard InChI is InChI=1S/C15H15NO5/c1-15(2)8-7-11(17)12(14(15)19)13(18)9-5-3-4-6-10(9)16(20)21/h3-8,11,17-18H,1-2H3. The molecule has 0 aromatic heterocycles. The zero-order chi connectivity index (χ0) is 15.8. The number of rotatable bonds is 2. The van der Waals surface area contributed by atoms with E-state index in [1.165, 1.54) is 30.3 Å². The average Bonchev–Trinajstić information content (AvgIpc) is 2.43. The highest BCUT2D eigenvalue weighted by molar-refractivity contribution is 6.08. The van der Waals surface area contributed by atoms with Crippen LogP contribution in [0.4, 0.5) is 5.69 Å². The van der Waals surface area contributed by atoms with Crippen LogP contribution in [0.1, 0.15) is 19.4 Å². The number of nitro benzene ring substituents is 1. The Morgan fingerprint density at radius 3 is 2.57 bits per heavy atom. The first-order valence-corrected chi connectivity index (χ1v) is 6.35. The lowest BCUT2D eigenvalue weighted by Gasteiger charge is -2.27. The summed E-state index contributed by atoms with van der Waals surface area (Å²) in [6.07, 6.45) is 1.66. The van der Waals surface area contributed by atoms with Crippen molar-refractivity contribution in [3.05, 3.63) is 57.7 Å². The van der Waals surface area contributed by atoms with Gasteiger partial charge in [0, 0.05) is 11.5 Å². The van der Waals surface area contributed by atoms with Gasteiger partial charge in [0.2, 0.25) is 0 Å². The van der Waals surface area contributed by atoms with Crippen LogP contribution in [0.3, 0.4) is 0 Å². The van der Waals surface area contributed by atoms with Crippen molar-refractivity contribution < 1.29 is 19.9 Å². The second-order valence-corrected chi connectivity index (χ2v) is 5.39. The van der Waals surface area contributed by atoms with Crippen LogP contribution in [0.2, 0.25) is 0 Å². The predicted molar refractivity (Wildman–Crippen MR) is 76.6 cm³/mol. The van der Waals surface area contributed by atoms with E-state index in [2.05, 4.69) is 0 Å². The number of aliphatic hydroxyl groups excluding tert-OH is 2. The number of ketones is 1. The van der Waals surface area contributed by atoms with E-state index in [1.54, 1.807) is 19.9 Å². The largest absolute Gasteiger partial charge is 0.507 e. The molecule has 1 aromatic rings. The summed E-state index contributed by atoms with van der Waals surface area (Å²) in [5.74, 6) is -1.02. The van der Waals surface area contributed by atoms with Crippen LogP contribution in [0, 0.1) is 15.5 Å². The van der Waals surface area contributed by atoms with Gasteiger partial charge in [-0.3, -0.25) is 14.9 Å². The number of para-hydroxylation sites is 1. The highest BCUT2D eigenvalue weighted by Gasteiger charge is 2.37. The molecule has 6 nitrogen and oxygen atoms in total. The van der Waals surface area contributed by atoms with Crippen molar-refractivity contribution in [3.63, 3.8) is 0 Å². The fourth-order valence-corrected chi connectivity index (χ4v) is 2.21. The third-order valence-corrected chi connectivity index (χ3v) is 3.43. The van der Waals surface area contributed by atoms with E-state index in [1.807, 2.05) is 0 Å². The molecule has 1 aliphatic rings. The van der Waals surface area contributed by atoms with Crippen LogP contribution in [-0.2, 0) is 4.79 Å². The summed E-state index contributed by atoms with van der Waals surface area (Å²) in [4.78, 5) is 22.7. The zero-order valence-corrected chi connectivity index (χ0v) is 11.6. The molecule has 2 N–H and O–H groups in total. The quantitative estimate of drug-likeness (QED) is 0.286. The number of Topliss-reactive ketones (excluding diaryl/α,β-unsaturated/α-hetero) is 1. The molecule has 0 spiro atoms. The summed E-state index contributed by atoms with van der Waals surface area (Å²) in [6, 6.07) is 5.54. The molecule has 1 aliphatic carbocycles. The summed E-state index contributed by atoms with van der Waals surface area (Å²) in [7, 11) is 0. The molecule has 110 valence electrons. The van der Waals surface area contributed by atoms with Crippen LogP contribution in [0.15, 0.2) is 42.0 Å². The lowest BCUT2D eigenvalue weighted by Crippen LogP contribution is -2.33. The van der Waals surface area contributed by atoms with Gasteiger partial charge in [-0.25, -0.2) is 0 Å². The Kier molecular flexibility index (Phi) is 3.65. The Labute approximate surface area is 121 Å². The van der Waals surface area contributed by atoms with Gasteiger partial charge in [0.25, 0.3) is 5.69 Å². The molecule has 1 unspecified atom stereocenters. The monoisotopic (exact) mass is 289 g/mol. The molecule has 0 saturated heterocycles. The Balaban J connectivity index is 2.66. The highest BCUT2D eigenvalue weighted by Crippen LogP contribution is 2.35. The van der Waals surface area contributed by atoms with E-state index in [9.17, 15) is 25.1 Å². The Hall–Kier alpha value is -2.47. The number of nitrogens with zero attached hydrogens (tertiary/aromatic N) is 1. The van der Waals surface area contributed by atoms with Crippen LogP contribution >= 0.6 is 0 Å². The fourth-order valence-electron chi connectivity index (χ4n) is 2.21. The summed E-state index contributed by atoms with van der Waals surface area (Å²) in [5.41, 5.74) is -1.52. The summed E-state index contributed by atoms with van der Waals surface area (Å²) < 4.78 is 0. The van der Waals surface area contributed by atoms with Gasteiger partial charge in [-0.2, -0.15) is 0 Å². The number of hydrogen-bond donors (Lipinski definition) is 2. The second kappa shape index (κ2) is 5.14. The lowest BCUT2D eigenvalue weighted by molar-refractivity contribution is -0.385. The smallest absolute Gasteiger partial charge is 0.280 e. The molecular formula is C15H15NO5. The minimum absolute atomic E-state index is 0.0870. The molecule has 1 aromatic carbocycles. The minimum atomic E-state index is -1.29. The number of benzene rings is 1. The molecule has 21 heavy (non-hydrogen) atoms. The Morgan fingerprint density at radius 2 is 1.95 bits per heavy atom. The van der Waals surface area contributed by atoms with Crippen LogP contribution in [0.25, 0.3) is 5.76 Å². The molecule has 0 amide bonds. The molecule has 6 heteroatoms. The molecular weight excluding hydrogens is 274 g/mol. The van der Waals surface area contributed by atoms with Crippen LogP contribution in [0.5, 0.6) is 0 Å². The summed E-state index contributed by atoms with van der Waals surface area (Å²) in [6.45, 7) is 3.29. The first-order valence-electron chi connectivity index (χ1n) is 6.35. The van der Waals surface area contributed by atoms with Crippen molar-refractivity contribution in [2.75, 3.05) is 0 Å². The maximum Gasteiger partial charge on any atom is 0.280 e. The number of carbonyl (C=O) groups excluding carboxylic acids is 1. The number of aliphatic hydroxyl groups is 2. The molecule has 2 rings (SSSR count). The third kappa shape index (κ3) is 2.57. The minimum Gasteiger partial charge on any atom is -0.507 e. The molecule has 0 saturated carbocycles. The first-order chi connectivity index (χ1) is 9.75. The summed E-state index contributed by atoms with van der Waals surface area (Å²) in [5, 5.41) is 31.3. The molecule has 0 fully saturated rings. The molecule has 0 bridgehead atoms. The van der Waals surface area contributed by atoms with Gasteiger partial charge in [-0.05, 0) is 19.9 Å². The van der Waals surface area contributed by atoms with Gasteiger partial charge < -0.3 is 10.2 Å². The first kappa shape index (κ1) is 14.9. The zero-order valence-electron chi connectivity index (χ0n) is 11.6.